The minimum atomic E-state index is -0.226. The maximum absolute atomic E-state index is 12.2. The van der Waals surface area contributed by atoms with Crippen LogP contribution >= 0.6 is 0 Å². The van der Waals surface area contributed by atoms with Crippen LogP contribution in [0.2, 0.25) is 0 Å². The summed E-state index contributed by atoms with van der Waals surface area (Å²) in [4.78, 5) is 23.0. The number of carbonyl (C=O) groups is 1. The molecule has 2 aromatic rings. The molecule has 0 aliphatic carbocycles. The number of pyridine rings is 2. The molecule has 0 radical (unpaired) electrons. The van der Waals surface area contributed by atoms with Gasteiger partial charge in [0.1, 0.15) is 5.82 Å². The summed E-state index contributed by atoms with van der Waals surface area (Å²) in [7, 11) is 3.87. The van der Waals surface area contributed by atoms with Crippen molar-refractivity contribution < 1.29 is 4.79 Å². The molecule has 0 aliphatic rings. The number of carbonyl (C=O) groups excluding carboxylic acids is 1. The molecule has 2 N–H and O–H groups in total. The number of amides is 2. The van der Waals surface area contributed by atoms with Gasteiger partial charge in [0.15, 0.2) is 0 Å². The Morgan fingerprint density at radius 2 is 1.96 bits per heavy atom. The van der Waals surface area contributed by atoms with Gasteiger partial charge in [-0.2, -0.15) is 0 Å². The number of nitrogens with zero attached hydrogens (tertiary/aromatic N) is 3. The van der Waals surface area contributed by atoms with E-state index in [0.29, 0.717) is 6.54 Å². The molecule has 6 heteroatoms. The Morgan fingerprint density at radius 3 is 2.58 bits per heavy atom. The van der Waals surface area contributed by atoms with E-state index >= 15 is 0 Å². The predicted molar refractivity (Wildman–Crippen MR) is 95.8 cm³/mol. The van der Waals surface area contributed by atoms with E-state index in [2.05, 4.69) is 34.4 Å². The highest BCUT2D eigenvalue weighted by Crippen LogP contribution is 2.19. The average molecular weight is 327 g/mol. The van der Waals surface area contributed by atoms with Gasteiger partial charge < -0.3 is 15.5 Å². The monoisotopic (exact) mass is 327 g/mol. The fourth-order valence-corrected chi connectivity index (χ4v) is 2.32. The fourth-order valence-electron chi connectivity index (χ4n) is 2.32. The van der Waals surface area contributed by atoms with Crippen molar-refractivity contribution in [3.8, 4) is 0 Å². The summed E-state index contributed by atoms with van der Waals surface area (Å²) >= 11 is 0. The zero-order valence-electron chi connectivity index (χ0n) is 14.7. The lowest BCUT2D eigenvalue weighted by molar-refractivity contribution is 0.232. The van der Waals surface area contributed by atoms with Crippen LogP contribution in [0.4, 0.5) is 10.6 Å². The van der Waals surface area contributed by atoms with Crippen LogP contribution in [-0.2, 0) is 6.54 Å². The van der Waals surface area contributed by atoms with Crippen molar-refractivity contribution in [1.82, 2.24) is 20.6 Å². The van der Waals surface area contributed by atoms with E-state index in [1.807, 2.05) is 55.4 Å². The van der Waals surface area contributed by atoms with Gasteiger partial charge in [0.05, 0.1) is 24.0 Å². The first-order valence-electron chi connectivity index (χ1n) is 8.06. The molecule has 2 amide bonds. The maximum atomic E-state index is 12.2. The normalized spacial score (nSPS) is 11.9. The van der Waals surface area contributed by atoms with E-state index in [9.17, 15) is 4.79 Å². The van der Waals surface area contributed by atoms with Crippen molar-refractivity contribution in [1.29, 1.82) is 0 Å². The minimum Gasteiger partial charge on any atom is -0.363 e. The molecule has 0 aromatic carbocycles. The lowest BCUT2D eigenvalue weighted by Gasteiger charge is -2.22. The Hall–Kier alpha value is -2.63. The number of nitrogens with one attached hydrogen (secondary N) is 2. The lowest BCUT2D eigenvalue weighted by atomic mass is 10.0. The Morgan fingerprint density at radius 1 is 1.17 bits per heavy atom. The summed E-state index contributed by atoms with van der Waals surface area (Å²) in [6.07, 6.45) is 1.74. The van der Waals surface area contributed by atoms with Gasteiger partial charge in [-0.15, -0.1) is 0 Å². The highest BCUT2D eigenvalue weighted by molar-refractivity contribution is 5.74. The van der Waals surface area contributed by atoms with E-state index in [4.69, 9.17) is 0 Å². The van der Waals surface area contributed by atoms with E-state index in [-0.39, 0.29) is 18.0 Å². The molecule has 1 atom stereocenters. The Balaban J connectivity index is 1.95. The Bertz CT molecular complexity index is 657. The highest BCUT2D eigenvalue weighted by atomic mass is 16.2. The first-order valence-corrected chi connectivity index (χ1v) is 8.06. The number of rotatable bonds is 6. The summed E-state index contributed by atoms with van der Waals surface area (Å²) in [5.41, 5.74) is 1.67. The van der Waals surface area contributed by atoms with Crippen LogP contribution in [0.3, 0.4) is 0 Å². The summed E-state index contributed by atoms with van der Waals surface area (Å²) in [6.45, 7) is 4.49. The number of hydrogen-bond acceptors (Lipinski definition) is 4. The number of aromatic nitrogens is 2. The summed E-state index contributed by atoms with van der Waals surface area (Å²) in [6, 6.07) is 11.1. The van der Waals surface area contributed by atoms with Crippen LogP contribution in [0.25, 0.3) is 0 Å². The van der Waals surface area contributed by atoms with Crippen molar-refractivity contribution in [2.75, 3.05) is 19.0 Å². The molecule has 0 spiro atoms. The Labute approximate surface area is 143 Å². The maximum Gasteiger partial charge on any atom is 0.315 e. The van der Waals surface area contributed by atoms with Crippen LogP contribution in [-0.4, -0.2) is 30.1 Å². The fraction of sp³-hybridized carbons (Fsp3) is 0.389. The van der Waals surface area contributed by atoms with Crippen molar-refractivity contribution in [3.05, 3.63) is 54.0 Å². The average Bonchev–Trinajstić information content (AvgIpc) is 2.58. The predicted octanol–water partition coefficient (Wildman–Crippen LogP) is 2.74. The number of anilines is 1. The summed E-state index contributed by atoms with van der Waals surface area (Å²) in [5.74, 6) is 1.10. The second kappa shape index (κ2) is 8.29. The molecule has 0 fully saturated rings. The number of hydrogen-bond donors (Lipinski definition) is 2. The molecule has 2 heterocycles. The smallest absolute Gasteiger partial charge is 0.315 e. The molecule has 0 saturated carbocycles. The first-order chi connectivity index (χ1) is 11.5. The van der Waals surface area contributed by atoms with Gasteiger partial charge in [0.2, 0.25) is 0 Å². The van der Waals surface area contributed by atoms with Crippen LogP contribution < -0.4 is 15.5 Å². The molecule has 128 valence electrons. The molecule has 0 aliphatic heterocycles. The molecule has 0 saturated heterocycles. The van der Waals surface area contributed by atoms with Gasteiger partial charge in [0.25, 0.3) is 0 Å². The molecule has 24 heavy (non-hydrogen) atoms. The lowest BCUT2D eigenvalue weighted by Crippen LogP contribution is -2.39. The SMILES string of the molecule is CC(C)C(NC(=O)NCc1cccc(N(C)C)n1)c1ccccn1. The van der Waals surface area contributed by atoms with Gasteiger partial charge in [-0.25, -0.2) is 9.78 Å². The minimum absolute atomic E-state index is 0.132. The largest absolute Gasteiger partial charge is 0.363 e. The van der Waals surface area contributed by atoms with Gasteiger partial charge in [-0.05, 0) is 30.2 Å². The summed E-state index contributed by atoms with van der Waals surface area (Å²) in [5, 5.41) is 5.85. The molecular formula is C18H25N5O. The zero-order valence-corrected chi connectivity index (χ0v) is 14.7. The van der Waals surface area contributed by atoms with Crippen LogP contribution in [0.5, 0.6) is 0 Å². The quantitative estimate of drug-likeness (QED) is 0.856. The van der Waals surface area contributed by atoms with Crippen molar-refractivity contribution >= 4 is 11.8 Å². The second-order valence-corrected chi connectivity index (χ2v) is 6.18. The van der Waals surface area contributed by atoms with E-state index < -0.39 is 0 Å². The molecule has 1 unspecified atom stereocenters. The van der Waals surface area contributed by atoms with Crippen molar-refractivity contribution in [2.24, 2.45) is 5.92 Å². The van der Waals surface area contributed by atoms with Gasteiger partial charge in [-0.1, -0.05) is 26.0 Å². The van der Waals surface area contributed by atoms with Crippen LogP contribution in [0, 0.1) is 5.92 Å². The van der Waals surface area contributed by atoms with E-state index in [0.717, 1.165) is 17.2 Å². The first kappa shape index (κ1) is 17.7. The molecular weight excluding hydrogens is 302 g/mol. The van der Waals surface area contributed by atoms with Crippen LogP contribution in [0.15, 0.2) is 42.6 Å². The highest BCUT2D eigenvalue weighted by Gasteiger charge is 2.19. The zero-order chi connectivity index (χ0) is 17.5. The standard InChI is InChI=1S/C18H25N5O/c1-13(2)17(15-9-5-6-11-19-15)22-18(24)20-12-14-8-7-10-16(21-14)23(3)4/h5-11,13,17H,12H2,1-4H3,(H2,20,22,24). The number of urea groups is 1. The van der Waals surface area contributed by atoms with Gasteiger partial charge >= 0.3 is 6.03 Å². The Kier molecular flexibility index (Phi) is 6.12. The van der Waals surface area contributed by atoms with Crippen LogP contribution in [0.1, 0.15) is 31.3 Å². The van der Waals surface area contributed by atoms with Crippen molar-refractivity contribution in [2.45, 2.75) is 26.4 Å². The van der Waals surface area contributed by atoms with Crippen molar-refractivity contribution in [3.63, 3.8) is 0 Å². The van der Waals surface area contributed by atoms with E-state index in [1.54, 1.807) is 6.20 Å². The van der Waals surface area contributed by atoms with Gasteiger partial charge in [0, 0.05) is 20.3 Å². The third-order valence-corrected chi connectivity index (χ3v) is 3.64. The third-order valence-electron chi connectivity index (χ3n) is 3.64. The summed E-state index contributed by atoms with van der Waals surface area (Å²) < 4.78 is 0. The molecule has 2 rings (SSSR count). The topological polar surface area (TPSA) is 70.2 Å². The van der Waals surface area contributed by atoms with E-state index in [1.165, 1.54) is 0 Å². The molecule has 0 bridgehead atoms. The van der Waals surface area contributed by atoms with Gasteiger partial charge in [-0.3, -0.25) is 4.98 Å². The second-order valence-electron chi connectivity index (χ2n) is 6.18. The third kappa shape index (κ3) is 4.94. The molecule has 6 nitrogen and oxygen atoms in total. The molecule has 2 aromatic heterocycles.